The molecule has 0 aliphatic rings. The van der Waals surface area contributed by atoms with Crippen molar-refractivity contribution in [1.82, 2.24) is 14.7 Å². The third-order valence-electron chi connectivity index (χ3n) is 5.96. The van der Waals surface area contributed by atoms with Crippen LogP contribution in [-0.2, 0) is 5.41 Å². The Bertz CT molecular complexity index is 1410. The lowest BCUT2D eigenvalue weighted by molar-refractivity contribution is 0.0939. The third-order valence-corrected chi connectivity index (χ3v) is 5.96. The summed E-state index contributed by atoms with van der Waals surface area (Å²) in [5.74, 6) is -0.0625. The summed E-state index contributed by atoms with van der Waals surface area (Å²) in [7, 11) is 3.05. The first-order chi connectivity index (χ1) is 17.2. The van der Waals surface area contributed by atoms with E-state index < -0.39 is 11.2 Å². The summed E-state index contributed by atoms with van der Waals surface area (Å²) >= 11 is 0. The SMILES string of the molecule is COc1ccc(C(=O)Nc2ccc(C(C)(C)CNC(=O)c3cnc4ccc(F)cn34)cc2)cc1OC. The average molecular weight is 491 g/mol. The van der Waals surface area contributed by atoms with Crippen LogP contribution in [0.1, 0.15) is 40.3 Å². The summed E-state index contributed by atoms with van der Waals surface area (Å²) in [4.78, 5) is 29.6. The molecule has 8 nitrogen and oxygen atoms in total. The number of nitrogens with zero attached hydrogens (tertiary/aromatic N) is 2. The summed E-state index contributed by atoms with van der Waals surface area (Å²) in [5, 5.41) is 5.78. The number of hydrogen-bond acceptors (Lipinski definition) is 5. The second-order valence-electron chi connectivity index (χ2n) is 8.89. The van der Waals surface area contributed by atoms with Crippen LogP contribution in [0, 0.1) is 5.82 Å². The van der Waals surface area contributed by atoms with Gasteiger partial charge >= 0.3 is 0 Å². The summed E-state index contributed by atoms with van der Waals surface area (Å²) in [6, 6.07) is 15.2. The van der Waals surface area contributed by atoms with E-state index >= 15 is 0 Å². The van der Waals surface area contributed by atoms with E-state index in [1.54, 1.807) is 18.2 Å². The number of methoxy groups -OCH3 is 2. The first-order valence-corrected chi connectivity index (χ1v) is 11.3. The molecule has 0 saturated carbocycles. The fourth-order valence-corrected chi connectivity index (χ4v) is 3.80. The first-order valence-electron chi connectivity index (χ1n) is 11.3. The molecule has 36 heavy (non-hydrogen) atoms. The minimum Gasteiger partial charge on any atom is -0.493 e. The number of aromatic nitrogens is 2. The van der Waals surface area contributed by atoms with Crippen LogP contribution in [0.5, 0.6) is 11.5 Å². The molecule has 0 aliphatic carbocycles. The first kappa shape index (κ1) is 24.7. The van der Waals surface area contributed by atoms with Crippen molar-refractivity contribution in [3.05, 3.63) is 89.6 Å². The van der Waals surface area contributed by atoms with Gasteiger partial charge in [-0.1, -0.05) is 26.0 Å². The fourth-order valence-electron chi connectivity index (χ4n) is 3.80. The van der Waals surface area contributed by atoms with Crippen molar-refractivity contribution in [2.75, 3.05) is 26.1 Å². The molecule has 0 atom stereocenters. The van der Waals surface area contributed by atoms with Gasteiger partial charge in [0.05, 0.1) is 20.4 Å². The maximum atomic E-state index is 13.6. The van der Waals surface area contributed by atoms with Gasteiger partial charge in [-0.3, -0.25) is 14.0 Å². The summed E-state index contributed by atoms with van der Waals surface area (Å²) < 4.78 is 25.5. The Morgan fingerprint density at radius 3 is 2.39 bits per heavy atom. The number of hydrogen-bond donors (Lipinski definition) is 2. The van der Waals surface area contributed by atoms with Gasteiger partial charge < -0.3 is 20.1 Å². The number of rotatable bonds is 8. The van der Waals surface area contributed by atoms with E-state index in [0.717, 1.165) is 5.56 Å². The monoisotopic (exact) mass is 490 g/mol. The highest BCUT2D eigenvalue weighted by Crippen LogP contribution is 2.28. The smallest absolute Gasteiger partial charge is 0.269 e. The second-order valence-corrected chi connectivity index (χ2v) is 8.89. The van der Waals surface area contributed by atoms with Crippen LogP contribution in [-0.4, -0.2) is 42.0 Å². The molecular formula is C27H27FN4O4. The van der Waals surface area contributed by atoms with Crippen LogP contribution in [0.25, 0.3) is 5.65 Å². The molecule has 2 N–H and O–H groups in total. The third kappa shape index (κ3) is 5.14. The number of carbonyl (C=O) groups excluding carboxylic acids is 2. The molecule has 0 radical (unpaired) electrons. The van der Waals surface area contributed by atoms with Crippen LogP contribution in [0.2, 0.25) is 0 Å². The Balaban J connectivity index is 1.40. The van der Waals surface area contributed by atoms with Crippen LogP contribution < -0.4 is 20.1 Å². The number of ether oxygens (including phenoxy) is 2. The molecule has 186 valence electrons. The summed E-state index contributed by atoms with van der Waals surface area (Å²) in [5.41, 5.74) is 2.38. The standard InChI is InChI=1S/C27H27FN4O4/c1-27(2,16-30-26(34)21-14-29-24-12-8-19(28)15-32(21)24)18-6-9-20(10-7-18)31-25(33)17-5-11-22(35-3)23(13-17)36-4/h5-15H,16H2,1-4H3,(H,30,34)(H,31,33). The molecule has 0 spiro atoms. The fraction of sp³-hybridized carbons (Fsp3) is 0.222. The molecule has 0 saturated heterocycles. The van der Waals surface area contributed by atoms with E-state index in [1.165, 1.54) is 43.1 Å². The van der Waals surface area contributed by atoms with Gasteiger partial charge in [0, 0.05) is 29.4 Å². The number of carbonyl (C=O) groups is 2. The highest BCUT2D eigenvalue weighted by atomic mass is 19.1. The molecular weight excluding hydrogens is 463 g/mol. The van der Waals surface area contributed by atoms with Gasteiger partial charge in [0.2, 0.25) is 0 Å². The van der Waals surface area contributed by atoms with Crippen LogP contribution >= 0.6 is 0 Å². The number of imidazole rings is 1. The number of halogens is 1. The molecule has 2 aromatic heterocycles. The Kier molecular flexibility index (Phi) is 6.91. The van der Waals surface area contributed by atoms with E-state index in [0.29, 0.717) is 34.9 Å². The summed E-state index contributed by atoms with van der Waals surface area (Å²) in [6.07, 6.45) is 2.66. The highest BCUT2D eigenvalue weighted by Gasteiger charge is 2.23. The van der Waals surface area contributed by atoms with Crippen molar-refractivity contribution < 1.29 is 23.5 Å². The van der Waals surface area contributed by atoms with Crippen molar-refractivity contribution >= 4 is 23.1 Å². The lowest BCUT2D eigenvalue weighted by Gasteiger charge is -2.26. The Labute approximate surface area is 208 Å². The van der Waals surface area contributed by atoms with Crippen molar-refractivity contribution in [3.8, 4) is 11.5 Å². The minimum absolute atomic E-state index is 0.258. The molecule has 2 aromatic carbocycles. The van der Waals surface area contributed by atoms with E-state index in [4.69, 9.17) is 9.47 Å². The second kappa shape index (κ2) is 10.1. The van der Waals surface area contributed by atoms with Crippen LogP contribution in [0.3, 0.4) is 0 Å². The Morgan fingerprint density at radius 2 is 1.69 bits per heavy atom. The zero-order chi connectivity index (χ0) is 25.9. The minimum atomic E-state index is -0.451. The molecule has 2 heterocycles. The Morgan fingerprint density at radius 1 is 0.972 bits per heavy atom. The highest BCUT2D eigenvalue weighted by molar-refractivity contribution is 6.04. The molecule has 0 aliphatic heterocycles. The van der Waals surface area contributed by atoms with Gasteiger partial charge in [-0.25, -0.2) is 9.37 Å². The lowest BCUT2D eigenvalue weighted by Crippen LogP contribution is -2.37. The molecule has 2 amide bonds. The molecule has 0 fully saturated rings. The normalized spacial score (nSPS) is 11.2. The van der Waals surface area contributed by atoms with Crippen LogP contribution in [0.15, 0.2) is 67.0 Å². The molecule has 4 aromatic rings. The van der Waals surface area contributed by atoms with Crippen molar-refractivity contribution in [1.29, 1.82) is 0 Å². The van der Waals surface area contributed by atoms with Crippen molar-refractivity contribution in [2.45, 2.75) is 19.3 Å². The number of benzene rings is 2. The maximum Gasteiger partial charge on any atom is 0.269 e. The van der Waals surface area contributed by atoms with Crippen molar-refractivity contribution in [3.63, 3.8) is 0 Å². The molecule has 9 heteroatoms. The zero-order valence-corrected chi connectivity index (χ0v) is 20.5. The predicted molar refractivity (Wildman–Crippen MR) is 134 cm³/mol. The van der Waals surface area contributed by atoms with Gasteiger partial charge in [-0.15, -0.1) is 0 Å². The van der Waals surface area contributed by atoms with E-state index in [9.17, 15) is 14.0 Å². The number of amides is 2. The lowest BCUT2D eigenvalue weighted by atomic mass is 9.84. The molecule has 4 rings (SSSR count). The molecule has 0 bridgehead atoms. The number of nitrogens with one attached hydrogen (secondary N) is 2. The molecule has 0 unspecified atom stereocenters. The van der Waals surface area contributed by atoms with Gasteiger partial charge in [-0.05, 0) is 48.0 Å². The predicted octanol–water partition coefficient (Wildman–Crippen LogP) is 4.45. The number of pyridine rings is 1. The maximum absolute atomic E-state index is 13.6. The largest absolute Gasteiger partial charge is 0.493 e. The van der Waals surface area contributed by atoms with Crippen molar-refractivity contribution in [2.24, 2.45) is 0 Å². The van der Waals surface area contributed by atoms with Gasteiger partial charge in [0.1, 0.15) is 17.2 Å². The topological polar surface area (TPSA) is 94.0 Å². The van der Waals surface area contributed by atoms with E-state index in [-0.39, 0.29) is 17.5 Å². The van der Waals surface area contributed by atoms with Gasteiger partial charge in [0.25, 0.3) is 11.8 Å². The number of anilines is 1. The van der Waals surface area contributed by atoms with Gasteiger partial charge in [-0.2, -0.15) is 0 Å². The quantitative estimate of drug-likeness (QED) is 0.381. The Hall–Kier alpha value is -4.40. The summed E-state index contributed by atoms with van der Waals surface area (Å²) in [6.45, 7) is 4.34. The van der Waals surface area contributed by atoms with E-state index in [1.807, 2.05) is 38.1 Å². The van der Waals surface area contributed by atoms with Gasteiger partial charge in [0.15, 0.2) is 11.5 Å². The number of fused-ring (bicyclic) bond motifs is 1. The zero-order valence-electron chi connectivity index (χ0n) is 20.5. The van der Waals surface area contributed by atoms with Crippen LogP contribution in [0.4, 0.5) is 10.1 Å². The average Bonchev–Trinajstić information content (AvgIpc) is 3.30. The van der Waals surface area contributed by atoms with E-state index in [2.05, 4.69) is 15.6 Å².